The summed E-state index contributed by atoms with van der Waals surface area (Å²) in [7, 11) is 0. The Bertz CT molecular complexity index is 468. The first-order chi connectivity index (χ1) is 7.61. The van der Waals surface area contributed by atoms with E-state index in [4.69, 9.17) is 10.5 Å². The summed E-state index contributed by atoms with van der Waals surface area (Å²) in [6.45, 7) is 2.69. The van der Waals surface area contributed by atoms with Gasteiger partial charge in [0, 0.05) is 11.8 Å². The lowest BCUT2D eigenvalue weighted by atomic mass is 9.90. The molecule has 0 bridgehead atoms. The van der Waals surface area contributed by atoms with Gasteiger partial charge in [0.1, 0.15) is 5.69 Å². The van der Waals surface area contributed by atoms with E-state index in [0.29, 0.717) is 18.2 Å². The summed E-state index contributed by atoms with van der Waals surface area (Å²) >= 11 is 0. The second-order valence-electron chi connectivity index (χ2n) is 4.76. The van der Waals surface area contributed by atoms with Crippen molar-refractivity contribution >= 4 is 5.91 Å². The van der Waals surface area contributed by atoms with E-state index in [1.54, 1.807) is 12.3 Å². The van der Waals surface area contributed by atoms with E-state index in [0.717, 1.165) is 11.1 Å². The third-order valence-corrected chi connectivity index (χ3v) is 3.66. The van der Waals surface area contributed by atoms with Crippen molar-refractivity contribution in [2.45, 2.75) is 32.0 Å². The molecule has 3 rings (SSSR count). The lowest BCUT2D eigenvalue weighted by molar-refractivity contribution is -0.0406. The summed E-state index contributed by atoms with van der Waals surface area (Å²) in [5, 5.41) is 0. The first-order valence-corrected chi connectivity index (χ1v) is 5.54. The fraction of sp³-hybridized carbons (Fsp3) is 0.500. The Morgan fingerprint density at radius 3 is 3.00 bits per heavy atom. The van der Waals surface area contributed by atoms with Gasteiger partial charge < -0.3 is 10.5 Å². The van der Waals surface area contributed by atoms with E-state index >= 15 is 0 Å². The van der Waals surface area contributed by atoms with E-state index in [2.05, 4.69) is 11.9 Å². The van der Waals surface area contributed by atoms with Gasteiger partial charge in [-0.1, -0.05) is 0 Å². The summed E-state index contributed by atoms with van der Waals surface area (Å²) < 4.78 is 5.88. The molecule has 1 aromatic heterocycles. The summed E-state index contributed by atoms with van der Waals surface area (Å²) in [4.78, 5) is 15.2. The summed E-state index contributed by atoms with van der Waals surface area (Å²) in [6, 6.07) is 1.79. The van der Waals surface area contributed by atoms with Crippen LogP contribution in [0.1, 0.15) is 41.4 Å². The van der Waals surface area contributed by atoms with Gasteiger partial charge in [-0.05, 0) is 37.3 Å². The zero-order valence-corrected chi connectivity index (χ0v) is 9.19. The fourth-order valence-corrected chi connectivity index (χ4v) is 2.47. The van der Waals surface area contributed by atoms with Crippen molar-refractivity contribution in [3.8, 4) is 0 Å². The molecule has 4 heteroatoms. The Balaban J connectivity index is 2.09. The number of hydrogen-bond donors (Lipinski definition) is 1. The van der Waals surface area contributed by atoms with E-state index in [-0.39, 0.29) is 5.60 Å². The molecule has 1 saturated carbocycles. The molecule has 84 valence electrons. The quantitative estimate of drug-likeness (QED) is 0.814. The predicted molar refractivity (Wildman–Crippen MR) is 57.6 cm³/mol. The molecule has 4 nitrogen and oxygen atoms in total. The van der Waals surface area contributed by atoms with Crippen molar-refractivity contribution in [3.63, 3.8) is 0 Å². The SMILES string of the molecule is CC1(C2CC2)OCc2cnc(C(N)=O)cc21. The summed E-state index contributed by atoms with van der Waals surface area (Å²) in [5.41, 5.74) is 7.52. The Labute approximate surface area is 93.8 Å². The highest BCUT2D eigenvalue weighted by Gasteiger charge is 2.48. The Morgan fingerprint density at radius 2 is 2.38 bits per heavy atom. The van der Waals surface area contributed by atoms with Gasteiger partial charge in [-0.2, -0.15) is 0 Å². The molecule has 0 saturated heterocycles. The van der Waals surface area contributed by atoms with Gasteiger partial charge in [0.2, 0.25) is 0 Å². The molecule has 1 fully saturated rings. The van der Waals surface area contributed by atoms with Gasteiger partial charge >= 0.3 is 0 Å². The maximum absolute atomic E-state index is 11.1. The third kappa shape index (κ3) is 1.26. The highest BCUT2D eigenvalue weighted by atomic mass is 16.5. The second kappa shape index (κ2) is 3.04. The van der Waals surface area contributed by atoms with Crippen molar-refractivity contribution in [3.05, 3.63) is 29.1 Å². The van der Waals surface area contributed by atoms with Crippen molar-refractivity contribution in [2.75, 3.05) is 0 Å². The van der Waals surface area contributed by atoms with Crippen LogP contribution in [0.5, 0.6) is 0 Å². The number of carbonyl (C=O) groups is 1. The predicted octanol–water partition coefficient (Wildman–Crippen LogP) is 1.34. The number of nitrogens with zero attached hydrogens (tertiary/aromatic N) is 1. The highest BCUT2D eigenvalue weighted by molar-refractivity contribution is 5.91. The smallest absolute Gasteiger partial charge is 0.267 e. The van der Waals surface area contributed by atoms with Crippen LogP contribution in [0, 0.1) is 5.92 Å². The standard InChI is InChI=1S/C12H14N2O2/c1-12(8-2-3-8)9-4-10(11(13)15)14-5-7(9)6-16-12/h4-5,8H,2-3,6H2,1H3,(H2,13,15). The number of ether oxygens (including phenoxy) is 1. The van der Waals surface area contributed by atoms with Crippen LogP contribution < -0.4 is 5.73 Å². The molecule has 2 N–H and O–H groups in total. The normalized spacial score (nSPS) is 27.8. The lowest BCUT2D eigenvalue weighted by Gasteiger charge is -2.24. The number of primary amides is 1. The molecule has 1 aliphatic heterocycles. The average molecular weight is 218 g/mol. The number of hydrogen-bond acceptors (Lipinski definition) is 3. The number of pyridine rings is 1. The minimum Gasteiger partial charge on any atom is -0.366 e. The molecule has 0 aromatic carbocycles. The third-order valence-electron chi connectivity index (χ3n) is 3.66. The minimum atomic E-state index is -0.479. The number of fused-ring (bicyclic) bond motifs is 1. The van der Waals surface area contributed by atoms with Crippen molar-refractivity contribution in [2.24, 2.45) is 11.7 Å². The number of rotatable bonds is 2. The van der Waals surface area contributed by atoms with E-state index < -0.39 is 5.91 Å². The first kappa shape index (κ1) is 9.78. The summed E-state index contributed by atoms with van der Waals surface area (Å²) in [6.07, 6.45) is 4.11. The molecule has 2 heterocycles. The maximum Gasteiger partial charge on any atom is 0.267 e. The molecule has 1 atom stereocenters. The van der Waals surface area contributed by atoms with Crippen LogP contribution in [0.3, 0.4) is 0 Å². The van der Waals surface area contributed by atoms with Crippen LogP contribution in [-0.4, -0.2) is 10.9 Å². The van der Waals surface area contributed by atoms with Gasteiger partial charge in [-0.15, -0.1) is 0 Å². The Morgan fingerprint density at radius 1 is 1.62 bits per heavy atom. The van der Waals surface area contributed by atoms with E-state index in [9.17, 15) is 4.79 Å². The Hall–Kier alpha value is -1.42. The maximum atomic E-state index is 11.1. The Kier molecular flexibility index (Phi) is 1.86. The number of carbonyl (C=O) groups excluding carboxylic acids is 1. The van der Waals surface area contributed by atoms with Crippen LogP contribution >= 0.6 is 0 Å². The van der Waals surface area contributed by atoms with Gasteiger partial charge in [0.05, 0.1) is 12.2 Å². The van der Waals surface area contributed by atoms with Crippen LogP contribution in [0.4, 0.5) is 0 Å². The van der Waals surface area contributed by atoms with Crippen LogP contribution in [0.2, 0.25) is 0 Å². The number of nitrogens with two attached hydrogens (primary N) is 1. The second-order valence-corrected chi connectivity index (χ2v) is 4.76. The lowest BCUT2D eigenvalue weighted by Crippen LogP contribution is -2.24. The molecule has 1 aromatic rings. The molecular formula is C12H14N2O2. The topological polar surface area (TPSA) is 65.2 Å². The molecule has 2 aliphatic rings. The van der Waals surface area contributed by atoms with Crippen LogP contribution in [0.15, 0.2) is 12.3 Å². The van der Waals surface area contributed by atoms with Crippen LogP contribution in [-0.2, 0) is 16.9 Å². The zero-order chi connectivity index (χ0) is 11.3. The molecule has 0 spiro atoms. The highest BCUT2D eigenvalue weighted by Crippen LogP contribution is 2.52. The van der Waals surface area contributed by atoms with Gasteiger partial charge in [0.25, 0.3) is 5.91 Å². The molecule has 16 heavy (non-hydrogen) atoms. The molecule has 1 unspecified atom stereocenters. The average Bonchev–Trinajstić information content (AvgIpc) is 3.06. The van der Waals surface area contributed by atoms with Crippen molar-refractivity contribution in [1.29, 1.82) is 0 Å². The van der Waals surface area contributed by atoms with E-state index in [1.807, 2.05) is 0 Å². The molecule has 1 amide bonds. The van der Waals surface area contributed by atoms with Crippen molar-refractivity contribution < 1.29 is 9.53 Å². The minimum absolute atomic E-state index is 0.234. The van der Waals surface area contributed by atoms with Gasteiger partial charge in [-0.3, -0.25) is 9.78 Å². The first-order valence-electron chi connectivity index (χ1n) is 5.54. The zero-order valence-electron chi connectivity index (χ0n) is 9.19. The van der Waals surface area contributed by atoms with Gasteiger partial charge in [-0.25, -0.2) is 0 Å². The molecule has 0 radical (unpaired) electrons. The largest absolute Gasteiger partial charge is 0.366 e. The molecule has 1 aliphatic carbocycles. The fourth-order valence-electron chi connectivity index (χ4n) is 2.47. The van der Waals surface area contributed by atoms with E-state index in [1.165, 1.54) is 12.8 Å². The number of aromatic nitrogens is 1. The molecular weight excluding hydrogens is 204 g/mol. The number of amides is 1. The summed E-state index contributed by atoms with van der Waals surface area (Å²) in [5.74, 6) is 0.102. The van der Waals surface area contributed by atoms with Crippen LogP contribution in [0.25, 0.3) is 0 Å². The van der Waals surface area contributed by atoms with Gasteiger partial charge in [0.15, 0.2) is 0 Å². The monoisotopic (exact) mass is 218 g/mol. The van der Waals surface area contributed by atoms with Crippen molar-refractivity contribution in [1.82, 2.24) is 4.98 Å².